The van der Waals surface area contributed by atoms with Gasteiger partial charge < -0.3 is 19.9 Å². The molecule has 1 amide bonds. The molecule has 1 aromatic rings. The predicted octanol–water partition coefficient (Wildman–Crippen LogP) is 2.31. The Kier molecular flexibility index (Phi) is 12.1. The van der Waals surface area contributed by atoms with Crippen molar-refractivity contribution in [2.45, 2.75) is 32.7 Å². The predicted molar refractivity (Wildman–Crippen MR) is 134 cm³/mol. The molecule has 1 saturated heterocycles. The van der Waals surface area contributed by atoms with Crippen molar-refractivity contribution in [3.63, 3.8) is 0 Å². The molecule has 2 rings (SSSR count). The van der Waals surface area contributed by atoms with Crippen LogP contribution in [-0.4, -0.2) is 93.1 Å². The number of carbonyl (C=O) groups is 1. The Morgan fingerprint density at radius 3 is 2.47 bits per heavy atom. The molecule has 0 radical (unpaired) electrons. The summed E-state index contributed by atoms with van der Waals surface area (Å²) in [6.07, 6.45) is 2.01. The Morgan fingerprint density at radius 1 is 1.23 bits per heavy atom. The number of ether oxygens (including phenoxy) is 1. The van der Waals surface area contributed by atoms with Crippen molar-refractivity contribution in [2.24, 2.45) is 4.99 Å². The summed E-state index contributed by atoms with van der Waals surface area (Å²) in [5.74, 6) is 1.72. The number of likely N-dealkylation sites (tertiary alicyclic amines) is 1. The van der Waals surface area contributed by atoms with E-state index in [0.717, 1.165) is 57.3 Å². The van der Waals surface area contributed by atoms with Crippen molar-refractivity contribution in [2.75, 3.05) is 60.5 Å². The maximum atomic E-state index is 12.0. The number of rotatable bonds is 9. The van der Waals surface area contributed by atoms with E-state index in [2.05, 4.69) is 46.1 Å². The minimum Gasteiger partial charge on any atom is -0.497 e. The van der Waals surface area contributed by atoms with Crippen molar-refractivity contribution < 1.29 is 9.53 Å². The molecule has 1 unspecified atom stereocenters. The number of methoxy groups -OCH3 is 1. The van der Waals surface area contributed by atoms with Gasteiger partial charge in [-0.1, -0.05) is 26.0 Å². The van der Waals surface area contributed by atoms with Gasteiger partial charge in [-0.25, -0.2) is 4.99 Å². The van der Waals surface area contributed by atoms with Crippen LogP contribution in [0.5, 0.6) is 5.75 Å². The molecule has 8 heteroatoms. The number of nitrogens with zero attached hydrogens (tertiary/aromatic N) is 4. The van der Waals surface area contributed by atoms with Crippen molar-refractivity contribution in [1.82, 2.24) is 20.0 Å². The van der Waals surface area contributed by atoms with E-state index in [1.807, 2.05) is 12.1 Å². The third-order valence-corrected chi connectivity index (χ3v) is 5.51. The number of halogens is 1. The number of amides is 1. The van der Waals surface area contributed by atoms with Gasteiger partial charge in [0.1, 0.15) is 12.3 Å². The van der Waals surface area contributed by atoms with Crippen LogP contribution in [0.25, 0.3) is 0 Å². The maximum Gasteiger partial charge on any atom is 0.243 e. The summed E-state index contributed by atoms with van der Waals surface area (Å²) >= 11 is 0. The second-order valence-electron chi connectivity index (χ2n) is 7.56. The first-order chi connectivity index (χ1) is 14.0. The number of carbonyl (C=O) groups excluding carboxylic acids is 1. The van der Waals surface area contributed by atoms with Crippen LogP contribution in [0.4, 0.5) is 0 Å². The van der Waals surface area contributed by atoms with E-state index in [-0.39, 0.29) is 36.4 Å². The Labute approximate surface area is 198 Å². The van der Waals surface area contributed by atoms with Crippen molar-refractivity contribution in [3.8, 4) is 5.75 Å². The number of hydrogen-bond acceptors (Lipinski definition) is 4. The summed E-state index contributed by atoms with van der Waals surface area (Å²) in [7, 11) is 5.21. The first-order valence-corrected chi connectivity index (χ1v) is 10.6. The number of hydrogen-bond donors (Lipinski definition) is 1. The average Bonchev–Trinajstić information content (AvgIpc) is 3.21. The number of guanidine groups is 1. The van der Waals surface area contributed by atoms with Gasteiger partial charge in [-0.2, -0.15) is 0 Å². The SMILES string of the molecule is CCN(CC)C1CCN(C(=NCC(=O)N(C)C)NCCc2ccc(OC)cc2)C1.I. The molecular weight excluding hydrogens is 493 g/mol. The van der Waals surface area contributed by atoms with Gasteiger partial charge in [0.25, 0.3) is 0 Å². The lowest BCUT2D eigenvalue weighted by Crippen LogP contribution is -2.44. The van der Waals surface area contributed by atoms with Gasteiger partial charge in [-0.3, -0.25) is 9.69 Å². The zero-order valence-corrected chi connectivity index (χ0v) is 21.4. The van der Waals surface area contributed by atoms with E-state index in [4.69, 9.17) is 4.74 Å². The van der Waals surface area contributed by atoms with E-state index in [9.17, 15) is 4.79 Å². The van der Waals surface area contributed by atoms with Crippen molar-refractivity contribution >= 4 is 35.8 Å². The standard InChI is InChI=1S/C22H37N5O2.HI/c1-6-26(7-2)19-13-15-27(17-19)22(24-16-21(28)25(3)4)23-14-12-18-8-10-20(29-5)11-9-18;/h8-11,19H,6-7,12-17H2,1-5H3,(H,23,24);1H. The maximum absolute atomic E-state index is 12.0. The van der Waals surface area contributed by atoms with Crippen LogP contribution in [0, 0.1) is 0 Å². The second kappa shape index (κ2) is 13.7. The van der Waals surface area contributed by atoms with Crippen LogP contribution in [0.1, 0.15) is 25.8 Å². The minimum atomic E-state index is 0. The average molecular weight is 531 g/mol. The van der Waals surface area contributed by atoms with Crippen LogP contribution in [0.15, 0.2) is 29.3 Å². The smallest absolute Gasteiger partial charge is 0.243 e. The number of nitrogens with one attached hydrogen (secondary N) is 1. The van der Waals surface area contributed by atoms with Crippen LogP contribution >= 0.6 is 24.0 Å². The molecule has 1 fully saturated rings. The summed E-state index contributed by atoms with van der Waals surface area (Å²) in [5.41, 5.74) is 1.24. The molecular formula is C22H38IN5O2. The molecule has 30 heavy (non-hydrogen) atoms. The highest BCUT2D eigenvalue weighted by atomic mass is 127. The molecule has 7 nitrogen and oxygen atoms in total. The molecule has 1 aromatic carbocycles. The summed E-state index contributed by atoms with van der Waals surface area (Å²) in [5, 5.41) is 3.48. The fourth-order valence-electron chi connectivity index (χ4n) is 3.63. The van der Waals surface area contributed by atoms with Gasteiger partial charge in [0, 0.05) is 39.8 Å². The lowest BCUT2D eigenvalue weighted by Gasteiger charge is -2.27. The first-order valence-electron chi connectivity index (χ1n) is 10.6. The highest BCUT2D eigenvalue weighted by Gasteiger charge is 2.28. The molecule has 1 N–H and O–H groups in total. The highest BCUT2D eigenvalue weighted by Crippen LogP contribution is 2.16. The fourth-order valence-corrected chi connectivity index (χ4v) is 3.63. The summed E-state index contributed by atoms with van der Waals surface area (Å²) in [4.78, 5) is 23.0. The van der Waals surface area contributed by atoms with Gasteiger partial charge in [0.05, 0.1) is 7.11 Å². The zero-order chi connectivity index (χ0) is 21.2. The fraction of sp³-hybridized carbons (Fsp3) is 0.636. The summed E-state index contributed by atoms with van der Waals surface area (Å²) in [6, 6.07) is 8.67. The minimum absolute atomic E-state index is 0. The quantitative estimate of drug-likeness (QED) is 0.301. The Morgan fingerprint density at radius 2 is 1.90 bits per heavy atom. The molecule has 0 aliphatic carbocycles. The molecule has 0 aromatic heterocycles. The molecule has 170 valence electrons. The zero-order valence-electron chi connectivity index (χ0n) is 19.1. The van der Waals surface area contributed by atoms with E-state index in [0.29, 0.717) is 6.04 Å². The molecule has 0 bridgehead atoms. The topological polar surface area (TPSA) is 60.4 Å². The van der Waals surface area contributed by atoms with Crippen LogP contribution in [0.2, 0.25) is 0 Å². The number of benzene rings is 1. The summed E-state index contributed by atoms with van der Waals surface area (Å²) in [6.45, 7) is 9.40. The number of likely N-dealkylation sites (N-methyl/N-ethyl adjacent to an activating group) is 2. The largest absolute Gasteiger partial charge is 0.497 e. The molecule has 0 spiro atoms. The third kappa shape index (κ3) is 7.94. The Hall–Kier alpha value is -1.55. The van der Waals surface area contributed by atoms with E-state index < -0.39 is 0 Å². The lowest BCUT2D eigenvalue weighted by molar-refractivity contribution is -0.127. The van der Waals surface area contributed by atoms with Crippen LogP contribution < -0.4 is 10.1 Å². The third-order valence-electron chi connectivity index (χ3n) is 5.51. The van der Waals surface area contributed by atoms with E-state index >= 15 is 0 Å². The van der Waals surface area contributed by atoms with Gasteiger partial charge in [0.2, 0.25) is 5.91 Å². The Balaban J connectivity index is 0.00000450. The van der Waals surface area contributed by atoms with E-state index in [1.165, 1.54) is 5.56 Å². The second-order valence-corrected chi connectivity index (χ2v) is 7.56. The van der Waals surface area contributed by atoms with Gasteiger partial charge >= 0.3 is 0 Å². The van der Waals surface area contributed by atoms with Gasteiger partial charge in [0.15, 0.2) is 5.96 Å². The molecule has 1 aliphatic heterocycles. The Bertz CT molecular complexity index is 662. The molecule has 0 saturated carbocycles. The summed E-state index contributed by atoms with van der Waals surface area (Å²) < 4.78 is 5.22. The van der Waals surface area contributed by atoms with Crippen LogP contribution in [0.3, 0.4) is 0 Å². The van der Waals surface area contributed by atoms with Gasteiger partial charge in [-0.15, -0.1) is 24.0 Å². The lowest BCUT2D eigenvalue weighted by atomic mass is 10.1. The van der Waals surface area contributed by atoms with Crippen LogP contribution in [-0.2, 0) is 11.2 Å². The van der Waals surface area contributed by atoms with Crippen molar-refractivity contribution in [3.05, 3.63) is 29.8 Å². The van der Waals surface area contributed by atoms with E-state index in [1.54, 1.807) is 26.1 Å². The highest BCUT2D eigenvalue weighted by molar-refractivity contribution is 14.0. The van der Waals surface area contributed by atoms with Crippen molar-refractivity contribution in [1.29, 1.82) is 0 Å². The number of aliphatic imine (C=N–C) groups is 1. The normalized spacial score (nSPS) is 16.4. The molecule has 1 heterocycles. The molecule has 1 atom stereocenters. The monoisotopic (exact) mass is 531 g/mol. The first kappa shape index (κ1) is 26.5. The molecule has 1 aliphatic rings. The van der Waals surface area contributed by atoms with Gasteiger partial charge in [-0.05, 0) is 43.6 Å².